The summed E-state index contributed by atoms with van der Waals surface area (Å²) in [4.78, 5) is 0. The lowest BCUT2D eigenvalue weighted by Crippen LogP contribution is -2.31. The van der Waals surface area contributed by atoms with E-state index in [1.54, 1.807) is 5.57 Å². The van der Waals surface area contributed by atoms with Crippen molar-refractivity contribution in [2.45, 2.75) is 132 Å². The number of allylic oxidation sites excluding steroid dienone is 1. The summed E-state index contributed by atoms with van der Waals surface area (Å²) in [6.07, 6.45) is 15.4. The molecule has 2 fully saturated rings. The SMILES string of the molecule is CC.CC.CCC(CC(C)(C)C)c1ccc(OC(OCC2CCCCC2)C2C=C3CCC3C2)cc1. The molecular weight excluding hydrogens is 428 g/mol. The highest BCUT2D eigenvalue weighted by molar-refractivity contribution is 5.30. The lowest BCUT2D eigenvalue weighted by atomic mass is 9.80. The van der Waals surface area contributed by atoms with Crippen LogP contribution in [0.4, 0.5) is 0 Å². The molecule has 0 heterocycles. The Bertz CT molecular complexity index is 720. The second-order valence-electron chi connectivity index (χ2n) is 11.6. The Morgan fingerprint density at radius 1 is 0.914 bits per heavy atom. The Balaban J connectivity index is 0.00000103. The monoisotopic (exact) mass is 484 g/mol. The standard InChI is InChI=1S/C29H44O2.2C2H6/c1-5-22(19-29(2,3)4)23-13-15-27(16-14-23)31-28(26-17-24-11-12-25(24)18-26)30-20-21-9-7-6-8-10-21;2*1-2/h13-17,21-22,25-26,28H,5-12,18-20H2,1-4H3;2*1-2H3. The molecule has 0 N–H and O–H groups in total. The summed E-state index contributed by atoms with van der Waals surface area (Å²) in [5, 5.41) is 0. The van der Waals surface area contributed by atoms with Gasteiger partial charge in [0.2, 0.25) is 6.29 Å². The van der Waals surface area contributed by atoms with Gasteiger partial charge in [-0.3, -0.25) is 0 Å². The van der Waals surface area contributed by atoms with Gasteiger partial charge < -0.3 is 9.47 Å². The number of hydrogen-bond donors (Lipinski definition) is 0. The van der Waals surface area contributed by atoms with Crippen LogP contribution in [0.5, 0.6) is 5.75 Å². The normalized spacial score (nSPS) is 23.4. The van der Waals surface area contributed by atoms with Crippen LogP contribution in [-0.4, -0.2) is 12.9 Å². The average molecular weight is 485 g/mol. The van der Waals surface area contributed by atoms with Gasteiger partial charge in [0.25, 0.3) is 0 Å². The highest BCUT2D eigenvalue weighted by atomic mass is 16.7. The fourth-order valence-corrected chi connectivity index (χ4v) is 5.88. The molecule has 1 aromatic rings. The highest BCUT2D eigenvalue weighted by Crippen LogP contribution is 2.46. The Morgan fingerprint density at radius 3 is 2.06 bits per heavy atom. The third-order valence-corrected chi connectivity index (χ3v) is 7.82. The molecule has 200 valence electrons. The molecule has 2 saturated carbocycles. The lowest BCUT2D eigenvalue weighted by molar-refractivity contribution is -0.118. The van der Waals surface area contributed by atoms with Crippen LogP contribution in [0.3, 0.4) is 0 Å². The van der Waals surface area contributed by atoms with Crippen molar-refractivity contribution in [1.82, 2.24) is 0 Å². The van der Waals surface area contributed by atoms with Crippen LogP contribution in [0.25, 0.3) is 0 Å². The zero-order valence-corrected chi connectivity index (χ0v) is 24.4. The zero-order valence-electron chi connectivity index (χ0n) is 24.4. The first kappa shape index (κ1) is 29.9. The summed E-state index contributed by atoms with van der Waals surface area (Å²) < 4.78 is 13.0. The number of ether oxygens (including phenoxy) is 2. The van der Waals surface area contributed by atoms with E-state index >= 15 is 0 Å². The Kier molecular flexibility index (Phi) is 12.9. The minimum Gasteiger partial charge on any atom is -0.464 e. The second-order valence-corrected chi connectivity index (χ2v) is 11.6. The summed E-state index contributed by atoms with van der Waals surface area (Å²) >= 11 is 0. The molecule has 1 aromatic carbocycles. The topological polar surface area (TPSA) is 18.5 Å². The summed E-state index contributed by atoms with van der Waals surface area (Å²) in [5.41, 5.74) is 3.44. The van der Waals surface area contributed by atoms with Crippen LogP contribution < -0.4 is 4.74 Å². The van der Waals surface area contributed by atoms with Crippen molar-refractivity contribution in [1.29, 1.82) is 0 Å². The molecule has 3 aliphatic rings. The number of benzene rings is 1. The van der Waals surface area contributed by atoms with Gasteiger partial charge in [0.1, 0.15) is 5.75 Å². The van der Waals surface area contributed by atoms with Gasteiger partial charge in [-0.25, -0.2) is 0 Å². The summed E-state index contributed by atoms with van der Waals surface area (Å²) in [7, 11) is 0. The first-order valence-electron chi connectivity index (χ1n) is 15.0. The van der Waals surface area contributed by atoms with E-state index in [0.29, 0.717) is 17.3 Å². The molecule has 0 saturated heterocycles. The van der Waals surface area contributed by atoms with Crippen molar-refractivity contribution in [2.75, 3.05) is 6.61 Å². The molecule has 3 aliphatic carbocycles. The van der Waals surface area contributed by atoms with E-state index in [2.05, 4.69) is 58.0 Å². The van der Waals surface area contributed by atoms with E-state index in [0.717, 1.165) is 24.2 Å². The van der Waals surface area contributed by atoms with Crippen LogP contribution in [0.1, 0.15) is 131 Å². The van der Waals surface area contributed by atoms with Crippen molar-refractivity contribution in [3.05, 3.63) is 41.5 Å². The summed E-state index contributed by atoms with van der Waals surface area (Å²) in [6, 6.07) is 8.91. The van der Waals surface area contributed by atoms with Gasteiger partial charge in [-0.1, -0.05) is 98.4 Å². The maximum Gasteiger partial charge on any atom is 0.206 e. The highest BCUT2D eigenvalue weighted by Gasteiger charge is 2.38. The Morgan fingerprint density at radius 2 is 1.57 bits per heavy atom. The molecule has 0 spiro atoms. The lowest BCUT2D eigenvalue weighted by Gasteiger charge is -2.29. The van der Waals surface area contributed by atoms with E-state index in [9.17, 15) is 0 Å². The molecule has 0 amide bonds. The molecule has 4 unspecified atom stereocenters. The van der Waals surface area contributed by atoms with Gasteiger partial charge in [0.15, 0.2) is 0 Å². The summed E-state index contributed by atoms with van der Waals surface area (Å²) in [5.74, 6) is 3.51. The maximum atomic E-state index is 6.52. The molecule has 0 radical (unpaired) electrons. The quantitative estimate of drug-likeness (QED) is 0.256. The number of hydrogen-bond acceptors (Lipinski definition) is 2. The largest absolute Gasteiger partial charge is 0.464 e. The van der Waals surface area contributed by atoms with Crippen LogP contribution in [0.2, 0.25) is 0 Å². The van der Waals surface area contributed by atoms with Gasteiger partial charge in [-0.2, -0.15) is 0 Å². The maximum absolute atomic E-state index is 6.52. The number of rotatable bonds is 9. The third kappa shape index (κ3) is 9.27. The molecule has 4 atom stereocenters. The van der Waals surface area contributed by atoms with E-state index in [1.807, 2.05) is 27.7 Å². The van der Waals surface area contributed by atoms with Crippen LogP contribution in [0, 0.1) is 23.2 Å². The smallest absolute Gasteiger partial charge is 0.206 e. The van der Waals surface area contributed by atoms with E-state index in [4.69, 9.17) is 9.47 Å². The fraction of sp³-hybridized carbons (Fsp3) is 0.758. The molecule has 4 rings (SSSR count). The number of fused-ring (bicyclic) bond motifs is 1. The zero-order chi connectivity index (χ0) is 25.8. The summed E-state index contributed by atoms with van der Waals surface area (Å²) in [6.45, 7) is 18.2. The van der Waals surface area contributed by atoms with E-state index in [1.165, 1.54) is 69.8 Å². The van der Waals surface area contributed by atoms with Crippen molar-refractivity contribution in [3.63, 3.8) is 0 Å². The molecule has 2 heteroatoms. The molecule has 0 aromatic heterocycles. The van der Waals surface area contributed by atoms with Gasteiger partial charge in [-0.15, -0.1) is 0 Å². The first-order valence-corrected chi connectivity index (χ1v) is 15.0. The fourth-order valence-electron chi connectivity index (χ4n) is 5.88. The van der Waals surface area contributed by atoms with Crippen LogP contribution >= 0.6 is 0 Å². The molecular formula is C33H56O2. The van der Waals surface area contributed by atoms with Gasteiger partial charge >= 0.3 is 0 Å². The third-order valence-electron chi connectivity index (χ3n) is 7.82. The van der Waals surface area contributed by atoms with Crippen molar-refractivity contribution in [2.24, 2.45) is 23.2 Å². The van der Waals surface area contributed by atoms with E-state index in [-0.39, 0.29) is 6.29 Å². The first-order chi connectivity index (χ1) is 16.9. The Labute approximate surface area is 218 Å². The average Bonchev–Trinajstić information content (AvgIpc) is 3.17. The minimum atomic E-state index is -0.137. The van der Waals surface area contributed by atoms with Gasteiger partial charge in [0, 0.05) is 5.92 Å². The second kappa shape index (κ2) is 15.1. The minimum absolute atomic E-state index is 0.137. The van der Waals surface area contributed by atoms with Crippen molar-refractivity contribution >= 4 is 0 Å². The van der Waals surface area contributed by atoms with Gasteiger partial charge in [-0.05, 0) is 85.8 Å². The molecule has 0 bridgehead atoms. The van der Waals surface area contributed by atoms with Crippen molar-refractivity contribution < 1.29 is 9.47 Å². The van der Waals surface area contributed by atoms with Crippen molar-refractivity contribution in [3.8, 4) is 5.75 Å². The van der Waals surface area contributed by atoms with E-state index < -0.39 is 0 Å². The molecule has 35 heavy (non-hydrogen) atoms. The van der Waals surface area contributed by atoms with Crippen LogP contribution in [-0.2, 0) is 4.74 Å². The molecule has 2 nitrogen and oxygen atoms in total. The van der Waals surface area contributed by atoms with Crippen LogP contribution in [0.15, 0.2) is 35.9 Å². The predicted molar refractivity (Wildman–Crippen MR) is 152 cm³/mol. The molecule has 0 aliphatic heterocycles. The van der Waals surface area contributed by atoms with Gasteiger partial charge in [0.05, 0.1) is 6.61 Å². The predicted octanol–water partition coefficient (Wildman–Crippen LogP) is 10.3. The Hall–Kier alpha value is -1.28.